The lowest BCUT2D eigenvalue weighted by molar-refractivity contribution is 0.101. The van der Waals surface area contributed by atoms with Gasteiger partial charge in [0.05, 0.1) is 44.4 Å². The maximum absolute atomic E-state index is 13.9. The molecule has 0 saturated heterocycles. The highest BCUT2D eigenvalue weighted by molar-refractivity contribution is 6.04. The second-order valence-electron chi connectivity index (χ2n) is 10.2. The minimum absolute atomic E-state index is 0.000709. The van der Waals surface area contributed by atoms with Crippen molar-refractivity contribution in [2.45, 2.75) is 19.8 Å². The fraction of sp³-hybridized carbons (Fsp3) is 0.219. The number of hydrogen-bond donors (Lipinski definition) is 1. The molecular weight excluding hydrogens is 569 g/mol. The number of Topliss-reactive ketones (excluding diaryl/α,β-unsaturated/α-hetero) is 1. The van der Waals surface area contributed by atoms with Crippen LogP contribution < -0.4 is 24.3 Å². The Bertz CT molecular complexity index is 1870. The molecule has 0 unspecified atom stereocenters. The Labute approximate surface area is 251 Å². The van der Waals surface area contributed by atoms with Crippen molar-refractivity contribution in [3.05, 3.63) is 84.2 Å². The number of aromatic nitrogens is 4. The molecule has 224 valence electrons. The zero-order valence-corrected chi connectivity index (χ0v) is 24.2. The Kier molecular flexibility index (Phi) is 7.80. The van der Waals surface area contributed by atoms with Crippen LogP contribution >= 0.6 is 0 Å². The molecule has 44 heavy (non-hydrogen) atoms. The summed E-state index contributed by atoms with van der Waals surface area (Å²) in [5, 5.41) is 7.85. The second kappa shape index (κ2) is 12.0. The lowest BCUT2D eigenvalue weighted by Gasteiger charge is -2.12. The standard InChI is InChI=1S/C32H28FN5O6/c1-18(39)22-12-20(33)6-8-25(22)38-16-29(43-17-19-4-5-19)31(37-38)32(40)36-30-9-7-21(15-35-30)44-26-10-11-34-24-14-28(42-3)27(41-2)13-23(24)26/h6-16,19H,4-5,17H2,1-3H3,(H,35,36,40). The van der Waals surface area contributed by atoms with Gasteiger partial charge in [-0.3, -0.25) is 14.6 Å². The lowest BCUT2D eigenvalue weighted by atomic mass is 10.1. The van der Waals surface area contributed by atoms with Gasteiger partial charge in [-0.25, -0.2) is 14.1 Å². The van der Waals surface area contributed by atoms with E-state index in [1.165, 1.54) is 36.1 Å². The molecule has 5 aromatic rings. The number of carbonyl (C=O) groups is 2. The first-order chi connectivity index (χ1) is 21.3. The number of anilines is 1. The first-order valence-corrected chi connectivity index (χ1v) is 13.8. The van der Waals surface area contributed by atoms with Crippen molar-refractivity contribution in [1.29, 1.82) is 0 Å². The van der Waals surface area contributed by atoms with E-state index in [9.17, 15) is 14.0 Å². The van der Waals surface area contributed by atoms with E-state index < -0.39 is 11.7 Å². The van der Waals surface area contributed by atoms with Crippen molar-refractivity contribution in [3.63, 3.8) is 0 Å². The third-order valence-corrected chi connectivity index (χ3v) is 7.06. The Balaban J connectivity index is 1.23. The van der Waals surface area contributed by atoms with Crippen LogP contribution in [0.3, 0.4) is 0 Å². The van der Waals surface area contributed by atoms with Crippen LogP contribution in [-0.2, 0) is 0 Å². The lowest BCUT2D eigenvalue weighted by Crippen LogP contribution is -2.16. The molecular formula is C32H28FN5O6. The number of methoxy groups -OCH3 is 2. The zero-order valence-electron chi connectivity index (χ0n) is 24.2. The fourth-order valence-electron chi connectivity index (χ4n) is 4.58. The summed E-state index contributed by atoms with van der Waals surface area (Å²) < 4.78 is 38.0. The molecule has 6 rings (SSSR count). The predicted molar refractivity (Wildman–Crippen MR) is 159 cm³/mol. The number of carbonyl (C=O) groups excluding carboxylic acids is 2. The van der Waals surface area contributed by atoms with E-state index in [1.54, 1.807) is 50.7 Å². The van der Waals surface area contributed by atoms with Gasteiger partial charge in [0.1, 0.15) is 23.1 Å². The molecule has 0 radical (unpaired) electrons. The smallest absolute Gasteiger partial charge is 0.281 e. The summed E-state index contributed by atoms with van der Waals surface area (Å²) >= 11 is 0. The molecule has 3 heterocycles. The highest BCUT2D eigenvalue weighted by atomic mass is 19.1. The minimum Gasteiger partial charge on any atom is -0.493 e. The van der Waals surface area contributed by atoms with Gasteiger partial charge < -0.3 is 24.3 Å². The number of halogens is 1. The summed E-state index contributed by atoms with van der Waals surface area (Å²) in [6.07, 6.45) is 6.72. The van der Waals surface area contributed by atoms with Gasteiger partial charge in [-0.1, -0.05) is 0 Å². The first kappa shape index (κ1) is 28.6. The Morgan fingerprint density at radius 1 is 0.977 bits per heavy atom. The number of amides is 1. The van der Waals surface area contributed by atoms with Crippen LogP contribution in [0.5, 0.6) is 28.7 Å². The number of nitrogens with zero attached hydrogens (tertiary/aromatic N) is 4. The molecule has 12 heteroatoms. The first-order valence-electron chi connectivity index (χ1n) is 13.8. The van der Waals surface area contributed by atoms with Crippen LogP contribution in [0.25, 0.3) is 16.6 Å². The highest BCUT2D eigenvalue weighted by Gasteiger charge is 2.26. The molecule has 1 fully saturated rings. The van der Waals surface area contributed by atoms with Crippen LogP contribution in [0.15, 0.2) is 67.1 Å². The van der Waals surface area contributed by atoms with E-state index in [0.29, 0.717) is 52.1 Å². The van der Waals surface area contributed by atoms with Gasteiger partial charge in [0, 0.05) is 23.2 Å². The van der Waals surface area contributed by atoms with Gasteiger partial charge in [-0.05, 0) is 68.1 Å². The van der Waals surface area contributed by atoms with Crippen LogP contribution in [0.2, 0.25) is 0 Å². The number of ether oxygens (including phenoxy) is 4. The molecule has 0 atom stereocenters. The average molecular weight is 598 g/mol. The number of benzene rings is 2. The highest BCUT2D eigenvalue weighted by Crippen LogP contribution is 2.37. The molecule has 0 bridgehead atoms. The largest absolute Gasteiger partial charge is 0.493 e. The molecule has 0 aliphatic heterocycles. The molecule has 11 nitrogen and oxygen atoms in total. The number of rotatable bonds is 11. The quantitative estimate of drug-likeness (QED) is 0.182. The molecule has 1 amide bonds. The molecule has 3 aromatic heterocycles. The van der Waals surface area contributed by atoms with Crippen molar-refractivity contribution in [3.8, 4) is 34.4 Å². The summed E-state index contributed by atoms with van der Waals surface area (Å²) in [7, 11) is 3.11. The maximum Gasteiger partial charge on any atom is 0.281 e. The molecule has 1 saturated carbocycles. The van der Waals surface area contributed by atoms with E-state index in [0.717, 1.165) is 18.9 Å². The Hall–Kier alpha value is -5.52. The van der Waals surface area contributed by atoms with Crippen molar-refractivity contribution in [1.82, 2.24) is 19.7 Å². The monoisotopic (exact) mass is 597 g/mol. The van der Waals surface area contributed by atoms with Gasteiger partial charge in [0.25, 0.3) is 5.91 Å². The summed E-state index contributed by atoms with van der Waals surface area (Å²) in [4.78, 5) is 34.3. The van der Waals surface area contributed by atoms with Gasteiger partial charge in [0.15, 0.2) is 28.7 Å². The number of ketones is 1. The molecule has 1 aliphatic carbocycles. The Morgan fingerprint density at radius 2 is 1.77 bits per heavy atom. The average Bonchev–Trinajstić information content (AvgIpc) is 3.77. The third-order valence-electron chi connectivity index (χ3n) is 7.06. The van der Waals surface area contributed by atoms with Gasteiger partial charge in [0.2, 0.25) is 0 Å². The Morgan fingerprint density at radius 3 is 2.48 bits per heavy atom. The van der Waals surface area contributed by atoms with Crippen LogP contribution in [0.4, 0.5) is 10.2 Å². The summed E-state index contributed by atoms with van der Waals surface area (Å²) in [5.41, 5.74) is 1.12. The summed E-state index contributed by atoms with van der Waals surface area (Å²) in [6.45, 7) is 1.77. The van der Waals surface area contributed by atoms with Crippen LogP contribution in [0, 0.1) is 11.7 Å². The van der Waals surface area contributed by atoms with Gasteiger partial charge in [-0.15, -0.1) is 0 Å². The van der Waals surface area contributed by atoms with Crippen molar-refractivity contribution in [2.75, 3.05) is 26.1 Å². The number of nitrogens with one attached hydrogen (secondary N) is 1. The molecule has 1 aliphatic rings. The van der Waals surface area contributed by atoms with Crippen LogP contribution in [-0.4, -0.2) is 52.3 Å². The SMILES string of the molecule is COc1cc2nccc(Oc3ccc(NC(=O)c4nn(-c5ccc(F)cc5C(C)=O)cc4OCC4CC4)nc3)c2cc1OC. The third kappa shape index (κ3) is 6.00. The zero-order chi connectivity index (χ0) is 30.8. The number of fused-ring (bicyclic) bond motifs is 1. The topological polar surface area (TPSA) is 127 Å². The van der Waals surface area contributed by atoms with E-state index in [-0.39, 0.29) is 28.6 Å². The predicted octanol–water partition coefficient (Wildman–Crippen LogP) is 6.01. The molecule has 2 aromatic carbocycles. The summed E-state index contributed by atoms with van der Waals surface area (Å²) in [6, 6.07) is 12.3. The van der Waals surface area contributed by atoms with Crippen LogP contribution in [0.1, 0.15) is 40.6 Å². The summed E-state index contributed by atoms with van der Waals surface area (Å²) in [5.74, 6) is 1.50. The van der Waals surface area contributed by atoms with Gasteiger partial charge >= 0.3 is 0 Å². The van der Waals surface area contributed by atoms with Crippen molar-refractivity contribution >= 4 is 28.4 Å². The van der Waals surface area contributed by atoms with Gasteiger partial charge in [-0.2, -0.15) is 5.10 Å². The molecule has 1 N–H and O–H groups in total. The van der Waals surface area contributed by atoms with Crippen molar-refractivity contribution in [2.24, 2.45) is 5.92 Å². The normalized spacial score (nSPS) is 12.5. The maximum atomic E-state index is 13.9. The number of pyridine rings is 2. The van der Waals surface area contributed by atoms with Crippen molar-refractivity contribution < 1.29 is 32.9 Å². The van der Waals surface area contributed by atoms with E-state index >= 15 is 0 Å². The number of hydrogen-bond acceptors (Lipinski definition) is 9. The fourth-order valence-corrected chi connectivity index (χ4v) is 4.58. The van der Waals surface area contributed by atoms with E-state index in [2.05, 4.69) is 20.4 Å². The second-order valence-corrected chi connectivity index (χ2v) is 10.2. The minimum atomic E-state index is -0.566. The van der Waals surface area contributed by atoms with E-state index in [4.69, 9.17) is 18.9 Å². The molecule has 0 spiro atoms. The van der Waals surface area contributed by atoms with E-state index in [1.807, 2.05) is 0 Å².